The van der Waals surface area contributed by atoms with Gasteiger partial charge in [-0.05, 0) is 37.1 Å². The minimum atomic E-state index is 0. The molecular formula is C16H25IN6O. The first kappa shape index (κ1) is 20.2. The van der Waals surface area contributed by atoms with Crippen LogP contribution in [0.2, 0.25) is 0 Å². The molecule has 0 spiro atoms. The van der Waals surface area contributed by atoms with E-state index < -0.39 is 0 Å². The lowest BCUT2D eigenvalue weighted by atomic mass is 10.1. The monoisotopic (exact) mass is 444 g/mol. The van der Waals surface area contributed by atoms with Crippen molar-refractivity contribution < 1.29 is 4.74 Å². The van der Waals surface area contributed by atoms with E-state index in [9.17, 15) is 0 Å². The molecule has 0 saturated carbocycles. The number of nitrogens with one attached hydrogen (secondary N) is 2. The van der Waals surface area contributed by atoms with Gasteiger partial charge in [-0.3, -0.25) is 9.67 Å². The zero-order chi connectivity index (χ0) is 16.7. The fraction of sp³-hybridized carbons (Fsp3) is 0.438. The summed E-state index contributed by atoms with van der Waals surface area (Å²) in [6.45, 7) is 5.92. The van der Waals surface area contributed by atoms with Crippen LogP contribution in [0.4, 0.5) is 0 Å². The molecular weight excluding hydrogens is 419 g/mol. The number of hydrogen-bond donors (Lipinski definition) is 2. The van der Waals surface area contributed by atoms with E-state index in [1.165, 1.54) is 17.5 Å². The molecule has 0 atom stereocenters. The van der Waals surface area contributed by atoms with Gasteiger partial charge >= 0.3 is 0 Å². The van der Waals surface area contributed by atoms with Crippen LogP contribution in [-0.2, 0) is 13.6 Å². The molecule has 24 heavy (non-hydrogen) atoms. The summed E-state index contributed by atoms with van der Waals surface area (Å²) < 4.78 is 7.49. The maximum atomic E-state index is 5.76. The average Bonchev–Trinajstić information content (AvgIpc) is 2.91. The Labute approximate surface area is 159 Å². The van der Waals surface area contributed by atoms with Crippen molar-refractivity contribution in [3.63, 3.8) is 0 Å². The Hall–Kier alpha value is -1.84. The van der Waals surface area contributed by atoms with Crippen LogP contribution >= 0.6 is 24.0 Å². The number of rotatable bonds is 6. The van der Waals surface area contributed by atoms with E-state index in [0.29, 0.717) is 25.7 Å². The highest BCUT2D eigenvalue weighted by Gasteiger charge is 2.03. The lowest BCUT2D eigenvalue weighted by Crippen LogP contribution is -2.39. The molecule has 132 valence electrons. The Morgan fingerprint density at radius 2 is 1.92 bits per heavy atom. The van der Waals surface area contributed by atoms with Crippen molar-refractivity contribution >= 4 is 29.9 Å². The largest absolute Gasteiger partial charge is 0.492 e. The fourth-order valence-corrected chi connectivity index (χ4v) is 2.22. The zero-order valence-corrected chi connectivity index (χ0v) is 16.9. The van der Waals surface area contributed by atoms with Gasteiger partial charge in [-0.2, -0.15) is 5.10 Å². The fourth-order valence-electron chi connectivity index (χ4n) is 2.22. The highest BCUT2D eigenvalue weighted by Crippen LogP contribution is 2.15. The standard InChI is InChI=1S/C16H24N6O.HI/c1-12-7-13(2)9-14(8-12)23-6-5-18-16(17-3)19-10-15-20-11-21-22(15)4;/h7-9,11H,5-6,10H2,1-4H3,(H2,17,18,19);1H. The predicted octanol–water partition coefficient (Wildman–Crippen LogP) is 1.79. The first-order valence-electron chi connectivity index (χ1n) is 7.57. The van der Waals surface area contributed by atoms with Crippen molar-refractivity contribution in [2.75, 3.05) is 20.2 Å². The second kappa shape index (κ2) is 10.1. The van der Waals surface area contributed by atoms with Crippen molar-refractivity contribution in [3.05, 3.63) is 41.5 Å². The summed E-state index contributed by atoms with van der Waals surface area (Å²) in [5, 5.41) is 10.4. The summed E-state index contributed by atoms with van der Waals surface area (Å²) in [5.41, 5.74) is 2.41. The topological polar surface area (TPSA) is 76.4 Å². The quantitative estimate of drug-likeness (QED) is 0.308. The number of benzene rings is 1. The van der Waals surface area contributed by atoms with Crippen LogP contribution in [0.15, 0.2) is 29.5 Å². The maximum Gasteiger partial charge on any atom is 0.191 e. The number of aryl methyl sites for hydroxylation is 3. The molecule has 8 heteroatoms. The molecule has 0 unspecified atom stereocenters. The molecule has 0 aliphatic heterocycles. The van der Waals surface area contributed by atoms with Crippen molar-refractivity contribution in [1.29, 1.82) is 0 Å². The Balaban J connectivity index is 0.00000288. The minimum Gasteiger partial charge on any atom is -0.492 e. The van der Waals surface area contributed by atoms with Crippen LogP contribution in [0.5, 0.6) is 5.75 Å². The number of aromatic nitrogens is 3. The summed E-state index contributed by atoms with van der Waals surface area (Å²) >= 11 is 0. The molecule has 0 aliphatic carbocycles. The van der Waals surface area contributed by atoms with E-state index in [2.05, 4.69) is 45.6 Å². The maximum absolute atomic E-state index is 5.76. The van der Waals surface area contributed by atoms with E-state index in [1.54, 1.807) is 11.7 Å². The third kappa shape index (κ3) is 6.34. The SMILES string of the molecule is CN=C(NCCOc1cc(C)cc(C)c1)NCc1ncnn1C.I. The van der Waals surface area contributed by atoms with Crippen molar-refractivity contribution in [2.24, 2.45) is 12.0 Å². The summed E-state index contributed by atoms with van der Waals surface area (Å²) in [6, 6.07) is 6.20. The third-order valence-corrected chi connectivity index (χ3v) is 3.30. The number of ether oxygens (including phenoxy) is 1. The molecule has 0 fully saturated rings. The van der Waals surface area contributed by atoms with Crippen molar-refractivity contribution in [2.45, 2.75) is 20.4 Å². The van der Waals surface area contributed by atoms with Gasteiger partial charge in [0.05, 0.1) is 13.1 Å². The van der Waals surface area contributed by atoms with Crippen LogP contribution in [0, 0.1) is 13.8 Å². The van der Waals surface area contributed by atoms with Gasteiger partial charge in [-0.15, -0.1) is 24.0 Å². The van der Waals surface area contributed by atoms with Crippen LogP contribution in [-0.4, -0.2) is 40.9 Å². The van der Waals surface area contributed by atoms with E-state index >= 15 is 0 Å². The lowest BCUT2D eigenvalue weighted by Gasteiger charge is -2.12. The molecule has 0 amide bonds. The zero-order valence-electron chi connectivity index (χ0n) is 14.5. The molecule has 2 aromatic rings. The smallest absolute Gasteiger partial charge is 0.191 e. The van der Waals surface area contributed by atoms with E-state index in [-0.39, 0.29) is 24.0 Å². The highest BCUT2D eigenvalue weighted by molar-refractivity contribution is 14.0. The normalized spacial score (nSPS) is 10.9. The molecule has 0 saturated heterocycles. The van der Waals surface area contributed by atoms with Crippen molar-refractivity contribution in [3.8, 4) is 5.75 Å². The molecule has 1 aromatic heterocycles. The van der Waals surface area contributed by atoms with Crippen LogP contribution in [0.25, 0.3) is 0 Å². The number of halogens is 1. The van der Waals surface area contributed by atoms with E-state index in [1.807, 2.05) is 19.2 Å². The van der Waals surface area contributed by atoms with Crippen molar-refractivity contribution in [1.82, 2.24) is 25.4 Å². The van der Waals surface area contributed by atoms with Gasteiger partial charge in [0.25, 0.3) is 0 Å². The first-order valence-corrected chi connectivity index (χ1v) is 7.57. The minimum absolute atomic E-state index is 0. The number of guanidine groups is 1. The first-order chi connectivity index (χ1) is 11.1. The Morgan fingerprint density at radius 1 is 1.21 bits per heavy atom. The van der Waals surface area contributed by atoms with Gasteiger partial charge in [0, 0.05) is 14.1 Å². The summed E-state index contributed by atoms with van der Waals surface area (Å²) in [7, 11) is 3.59. The van der Waals surface area contributed by atoms with Crippen LogP contribution in [0.3, 0.4) is 0 Å². The number of aliphatic imine (C=N–C) groups is 1. The molecule has 0 aliphatic rings. The molecule has 7 nitrogen and oxygen atoms in total. The average molecular weight is 444 g/mol. The van der Waals surface area contributed by atoms with E-state index in [4.69, 9.17) is 4.74 Å². The van der Waals surface area contributed by atoms with Crippen LogP contribution < -0.4 is 15.4 Å². The summed E-state index contributed by atoms with van der Waals surface area (Å²) in [6.07, 6.45) is 1.53. The molecule has 2 N–H and O–H groups in total. The van der Waals surface area contributed by atoms with E-state index in [0.717, 1.165) is 11.6 Å². The Morgan fingerprint density at radius 3 is 2.50 bits per heavy atom. The van der Waals surface area contributed by atoms with Crippen LogP contribution in [0.1, 0.15) is 17.0 Å². The molecule has 1 aromatic carbocycles. The van der Waals surface area contributed by atoms with Gasteiger partial charge in [0.2, 0.25) is 0 Å². The highest BCUT2D eigenvalue weighted by atomic mass is 127. The molecule has 0 radical (unpaired) electrons. The molecule has 1 heterocycles. The van der Waals surface area contributed by atoms with Gasteiger partial charge in [-0.25, -0.2) is 4.98 Å². The predicted molar refractivity (Wildman–Crippen MR) is 106 cm³/mol. The second-order valence-electron chi connectivity index (χ2n) is 5.32. The molecule has 2 rings (SSSR count). The Bertz CT molecular complexity index is 650. The van der Waals surface area contributed by atoms with Gasteiger partial charge in [0.1, 0.15) is 24.5 Å². The molecule has 0 bridgehead atoms. The van der Waals surface area contributed by atoms with Gasteiger partial charge < -0.3 is 15.4 Å². The Kier molecular flexibility index (Phi) is 8.51. The van der Waals surface area contributed by atoms with Gasteiger partial charge in [-0.1, -0.05) is 6.07 Å². The van der Waals surface area contributed by atoms with Gasteiger partial charge in [0.15, 0.2) is 5.96 Å². The number of nitrogens with zero attached hydrogens (tertiary/aromatic N) is 4. The lowest BCUT2D eigenvalue weighted by molar-refractivity contribution is 0.321. The summed E-state index contributed by atoms with van der Waals surface area (Å²) in [5.74, 6) is 2.45. The second-order valence-corrected chi connectivity index (χ2v) is 5.32. The third-order valence-electron chi connectivity index (χ3n) is 3.30. The number of hydrogen-bond acceptors (Lipinski definition) is 4. The summed E-state index contributed by atoms with van der Waals surface area (Å²) in [4.78, 5) is 8.33.